The molecular weight excluding hydrogens is 270 g/mol. The quantitative estimate of drug-likeness (QED) is 0.868. The number of hydrogen-bond donors (Lipinski definition) is 1. The van der Waals surface area contributed by atoms with Crippen LogP contribution in [0.1, 0.15) is 37.4 Å². The summed E-state index contributed by atoms with van der Waals surface area (Å²) >= 11 is 1.54. The van der Waals surface area contributed by atoms with Gasteiger partial charge in [-0.15, -0.1) is 11.3 Å². The summed E-state index contributed by atoms with van der Waals surface area (Å²) in [6.45, 7) is 12.5. The second-order valence-corrected chi connectivity index (χ2v) is 7.04. The number of nitrogens with two attached hydrogens (primary N) is 1. The third-order valence-electron chi connectivity index (χ3n) is 3.85. The number of nitrogen functional groups attached to an aromatic ring is 1. The summed E-state index contributed by atoms with van der Waals surface area (Å²) in [5.74, 6) is 0.154. The van der Waals surface area contributed by atoms with E-state index in [4.69, 9.17) is 5.73 Å². The summed E-state index contributed by atoms with van der Waals surface area (Å²) in [7, 11) is 0. The van der Waals surface area contributed by atoms with Gasteiger partial charge in [-0.05, 0) is 19.9 Å². The lowest BCUT2D eigenvalue weighted by molar-refractivity contribution is 0.0944. The van der Waals surface area contributed by atoms with E-state index in [0.29, 0.717) is 11.7 Å². The molecule has 0 amide bonds. The van der Waals surface area contributed by atoms with E-state index in [1.165, 1.54) is 0 Å². The molecule has 2 N–H and O–H groups in total. The molecule has 0 bridgehead atoms. The van der Waals surface area contributed by atoms with Crippen LogP contribution in [0, 0.1) is 5.92 Å². The van der Waals surface area contributed by atoms with Gasteiger partial charge in [0.25, 0.3) is 0 Å². The van der Waals surface area contributed by atoms with Gasteiger partial charge in [0.1, 0.15) is 0 Å². The number of thiophene rings is 1. The van der Waals surface area contributed by atoms with Gasteiger partial charge in [0.05, 0.1) is 15.6 Å². The number of Topliss-reactive ketones (excluding diaryl/α,β-unsaturated/α-hetero) is 1. The molecule has 5 heteroatoms. The molecule has 0 unspecified atom stereocenters. The van der Waals surface area contributed by atoms with E-state index < -0.39 is 0 Å². The van der Waals surface area contributed by atoms with Crippen molar-refractivity contribution in [2.45, 2.75) is 33.7 Å². The molecule has 2 rings (SSSR count). The van der Waals surface area contributed by atoms with Crippen molar-refractivity contribution in [1.29, 1.82) is 0 Å². The predicted octanol–water partition coefficient (Wildman–Crippen LogP) is 2.70. The molecule has 2 heterocycles. The Labute approximate surface area is 125 Å². The number of piperazine rings is 1. The molecule has 1 aromatic heterocycles. The first kappa shape index (κ1) is 15.3. The van der Waals surface area contributed by atoms with Crippen molar-refractivity contribution in [1.82, 2.24) is 4.90 Å². The fourth-order valence-corrected chi connectivity index (χ4v) is 3.68. The lowest BCUT2D eigenvalue weighted by atomic mass is 10.1. The van der Waals surface area contributed by atoms with Crippen LogP contribution < -0.4 is 10.6 Å². The van der Waals surface area contributed by atoms with Gasteiger partial charge in [0.15, 0.2) is 5.78 Å². The molecule has 0 aliphatic carbocycles. The number of carbonyl (C=O) groups excluding carboxylic acids is 1. The monoisotopic (exact) mass is 295 g/mol. The van der Waals surface area contributed by atoms with Crippen LogP contribution >= 0.6 is 11.3 Å². The van der Waals surface area contributed by atoms with Gasteiger partial charge in [-0.25, -0.2) is 0 Å². The largest absolute Gasteiger partial charge is 0.397 e. The first-order valence-corrected chi connectivity index (χ1v) is 8.14. The predicted molar refractivity (Wildman–Crippen MR) is 86.8 cm³/mol. The van der Waals surface area contributed by atoms with Crippen molar-refractivity contribution in [2.24, 2.45) is 5.92 Å². The number of nitrogens with zero attached hydrogens (tertiary/aromatic N) is 2. The highest BCUT2D eigenvalue weighted by Crippen LogP contribution is 2.34. The highest BCUT2D eigenvalue weighted by atomic mass is 32.1. The minimum atomic E-state index is 0.00147. The van der Waals surface area contributed by atoms with Gasteiger partial charge in [-0.3, -0.25) is 9.69 Å². The van der Waals surface area contributed by atoms with E-state index in [0.717, 1.165) is 36.1 Å². The zero-order chi connectivity index (χ0) is 14.9. The topological polar surface area (TPSA) is 49.6 Å². The highest BCUT2D eigenvalue weighted by Gasteiger charge is 2.23. The average Bonchev–Trinajstić information content (AvgIpc) is 2.80. The molecule has 4 nitrogen and oxygen atoms in total. The summed E-state index contributed by atoms with van der Waals surface area (Å²) in [6, 6.07) is 2.56. The van der Waals surface area contributed by atoms with Crippen LogP contribution in [-0.2, 0) is 0 Å². The summed E-state index contributed by atoms with van der Waals surface area (Å²) in [4.78, 5) is 17.7. The fourth-order valence-electron chi connectivity index (χ4n) is 2.46. The SMILES string of the molecule is CC(C)C(=O)c1sc(N2CCN(C(C)C)CC2)cc1N. The normalized spacial score (nSPS) is 17.2. The summed E-state index contributed by atoms with van der Waals surface area (Å²) in [6.07, 6.45) is 0. The van der Waals surface area contributed by atoms with Crippen molar-refractivity contribution in [3.8, 4) is 0 Å². The Morgan fingerprint density at radius 3 is 2.30 bits per heavy atom. The minimum absolute atomic E-state index is 0.00147. The van der Waals surface area contributed by atoms with Crippen LogP contribution in [0.25, 0.3) is 0 Å². The molecule has 0 saturated carbocycles. The van der Waals surface area contributed by atoms with E-state index in [1.807, 2.05) is 19.9 Å². The first-order valence-electron chi connectivity index (χ1n) is 7.32. The maximum absolute atomic E-state index is 12.1. The molecule has 1 aliphatic rings. The Balaban J connectivity index is 2.08. The maximum atomic E-state index is 12.1. The molecule has 1 aromatic rings. The average molecular weight is 295 g/mol. The Morgan fingerprint density at radius 2 is 1.80 bits per heavy atom. The van der Waals surface area contributed by atoms with Crippen molar-refractivity contribution >= 4 is 27.8 Å². The lowest BCUT2D eigenvalue weighted by Crippen LogP contribution is -2.48. The molecule has 1 saturated heterocycles. The van der Waals surface area contributed by atoms with Crippen LogP contribution in [0.15, 0.2) is 6.07 Å². The maximum Gasteiger partial charge on any atom is 0.177 e. The molecule has 20 heavy (non-hydrogen) atoms. The van der Waals surface area contributed by atoms with Gasteiger partial charge < -0.3 is 10.6 Å². The zero-order valence-corrected chi connectivity index (χ0v) is 13.7. The standard InChI is InChI=1S/C15H25N3OS/c1-10(2)14(19)15-12(16)9-13(20-15)18-7-5-17(6-8-18)11(3)4/h9-11H,5-8,16H2,1-4H3. The Hall–Kier alpha value is -1.07. The molecule has 0 atom stereocenters. The van der Waals surface area contributed by atoms with Crippen molar-refractivity contribution in [2.75, 3.05) is 36.8 Å². The van der Waals surface area contributed by atoms with Gasteiger partial charge in [-0.2, -0.15) is 0 Å². The third-order valence-corrected chi connectivity index (χ3v) is 5.08. The van der Waals surface area contributed by atoms with E-state index in [-0.39, 0.29) is 11.7 Å². The Kier molecular flexibility index (Phi) is 4.70. The van der Waals surface area contributed by atoms with Crippen molar-refractivity contribution in [3.63, 3.8) is 0 Å². The Bertz CT molecular complexity index is 473. The molecule has 112 valence electrons. The van der Waals surface area contributed by atoms with E-state index >= 15 is 0 Å². The van der Waals surface area contributed by atoms with E-state index in [2.05, 4.69) is 23.6 Å². The number of ketones is 1. The summed E-state index contributed by atoms with van der Waals surface area (Å²) < 4.78 is 0. The Morgan fingerprint density at radius 1 is 1.20 bits per heavy atom. The summed E-state index contributed by atoms with van der Waals surface area (Å²) in [5.41, 5.74) is 6.65. The molecule has 1 aliphatic heterocycles. The van der Waals surface area contributed by atoms with Crippen LogP contribution in [-0.4, -0.2) is 42.9 Å². The number of rotatable bonds is 4. The van der Waals surface area contributed by atoms with Gasteiger partial charge in [-0.1, -0.05) is 13.8 Å². The molecule has 0 radical (unpaired) electrons. The zero-order valence-electron chi connectivity index (χ0n) is 12.8. The van der Waals surface area contributed by atoms with Crippen molar-refractivity contribution in [3.05, 3.63) is 10.9 Å². The summed E-state index contributed by atoms with van der Waals surface area (Å²) in [5, 5.41) is 1.13. The lowest BCUT2D eigenvalue weighted by Gasteiger charge is -2.37. The molecule has 0 spiro atoms. The van der Waals surface area contributed by atoms with E-state index in [1.54, 1.807) is 11.3 Å². The first-order chi connectivity index (χ1) is 9.40. The van der Waals surface area contributed by atoms with Crippen LogP contribution in [0.4, 0.5) is 10.7 Å². The third kappa shape index (κ3) is 3.15. The van der Waals surface area contributed by atoms with Gasteiger partial charge >= 0.3 is 0 Å². The fraction of sp³-hybridized carbons (Fsp3) is 0.667. The minimum Gasteiger partial charge on any atom is -0.397 e. The van der Waals surface area contributed by atoms with Crippen LogP contribution in [0.2, 0.25) is 0 Å². The smallest absolute Gasteiger partial charge is 0.177 e. The van der Waals surface area contributed by atoms with Gasteiger partial charge in [0.2, 0.25) is 0 Å². The van der Waals surface area contributed by atoms with Crippen LogP contribution in [0.3, 0.4) is 0 Å². The number of hydrogen-bond acceptors (Lipinski definition) is 5. The molecular formula is C15H25N3OS. The second kappa shape index (κ2) is 6.14. The van der Waals surface area contributed by atoms with Crippen molar-refractivity contribution < 1.29 is 4.79 Å². The second-order valence-electron chi connectivity index (χ2n) is 6.00. The van der Waals surface area contributed by atoms with E-state index in [9.17, 15) is 4.79 Å². The highest BCUT2D eigenvalue weighted by molar-refractivity contribution is 7.18. The molecule has 1 fully saturated rings. The number of carbonyl (C=O) groups is 1. The molecule has 0 aromatic carbocycles. The van der Waals surface area contributed by atoms with Crippen LogP contribution in [0.5, 0.6) is 0 Å². The van der Waals surface area contributed by atoms with Gasteiger partial charge in [0, 0.05) is 38.1 Å². The number of anilines is 2.